The van der Waals surface area contributed by atoms with Gasteiger partial charge in [-0.25, -0.2) is 0 Å². The minimum absolute atomic E-state index is 0.0381. The number of rotatable bonds is 5. The number of nitro groups is 1. The normalized spacial score (nSPS) is 16.8. The van der Waals surface area contributed by atoms with E-state index in [2.05, 4.69) is 29.2 Å². The number of nitriles is 1. The van der Waals surface area contributed by atoms with Gasteiger partial charge in [-0.3, -0.25) is 10.1 Å². The van der Waals surface area contributed by atoms with E-state index in [1.165, 1.54) is 34.2 Å². The molecule has 1 fully saturated rings. The number of non-ortho nitro benzene ring substituents is 1. The molecule has 148 valence electrons. The molecule has 0 atom stereocenters. The quantitative estimate of drug-likeness (QED) is 0.477. The average molecular weight is 391 g/mol. The number of benzene rings is 2. The molecule has 4 rings (SSSR count). The van der Waals surface area contributed by atoms with E-state index in [0.29, 0.717) is 5.56 Å². The van der Waals surface area contributed by atoms with Crippen molar-refractivity contribution in [3.05, 3.63) is 75.3 Å². The Hall–Kier alpha value is -3.37. The molecule has 0 bridgehead atoms. The van der Waals surface area contributed by atoms with Crippen LogP contribution in [-0.4, -0.2) is 42.6 Å². The second kappa shape index (κ2) is 8.33. The summed E-state index contributed by atoms with van der Waals surface area (Å²) in [7, 11) is 0. The van der Waals surface area contributed by atoms with Crippen LogP contribution in [0.2, 0.25) is 0 Å². The molecule has 1 saturated heterocycles. The first-order chi connectivity index (χ1) is 14.1. The summed E-state index contributed by atoms with van der Waals surface area (Å²) < 4.78 is 5.58. The van der Waals surface area contributed by atoms with Crippen molar-refractivity contribution >= 4 is 11.4 Å². The van der Waals surface area contributed by atoms with Crippen LogP contribution in [0.1, 0.15) is 16.7 Å². The first-order valence-electron chi connectivity index (χ1n) is 9.82. The molecule has 0 radical (unpaired) electrons. The van der Waals surface area contributed by atoms with Crippen LogP contribution < -0.4 is 9.64 Å². The first kappa shape index (κ1) is 19.0. The van der Waals surface area contributed by atoms with Crippen LogP contribution in [0.4, 0.5) is 5.69 Å². The fourth-order valence-electron chi connectivity index (χ4n) is 4.08. The van der Waals surface area contributed by atoms with E-state index in [1.54, 1.807) is 6.07 Å². The molecule has 0 aromatic heterocycles. The summed E-state index contributed by atoms with van der Waals surface area (Å²) in [5, 5.41) is 20.3. The van der Waals surface area contributed by atoms with E-state index in [9.17, 15) is 15.4 Å². The molecule has 7 nitrogen and oxygen atoms in total. The van der Waals surface area contributed by atoms with Gasteiger partial charge in [-0.15, -0.1) is 0 Å². The van der Waals surface area contributed by atoms with Crippen LogP contribution in [0, 0.1) is 21.4 Å². The third-order valence-corrected chi connectivity index (χ3v) is 5.57. The predicted octanol–water partition coefficient (Wildman–Crippen LogP) is 1.79. The molecule has 0 spiro atoms. The molecule has 0 saturated carbocycles. The van der Waals surface area contributed by atoms with Crippen molar-refractivity contribution in [2.75, 3.05) is 32.8 Å². The fourth-order valence-corrected chi connectivity index (χ4v) is 4.08. The molecule has 2 heterocycles. The van der Waals surface area contributed by atoms with E-state index in [0.717, 1.165) is 57.2 Å². The number of nitrogens with one attached hydrogen (secondary N) is 1. The highest BCUT2D eigenvalue weighted by Crippen LogP contribution is 2.26. The second-order valence-electron chi connectivity index (χ2n) is 7.42. The standard InChI is InChI=1S/C22H22N4O3/c23-8-6-21(18-2-1-3-20(15-18)26(27)28)25-11-9-24(10-12-25)16-17-4-5-22-19(14-17)7-13-29-22/h1-6,14-15H,7,9-13,16H2/p+1/b21-6+. The summed E-state index contributed by atoms with van der Waals surface area (Å²) in [4.78, 5) is 14.3. The van der Waals surface area contributed by atoms with Crippen LogP contribution in [0.5, 0.6) is 5.75 Å². The zero-order valence-corrected chi connectivity index (χ0v) is 16.1. The summed E-state index contributed by atoms with van der Waals surface area (Å²) in [6, 6.07) is 15.1. The van der Waals surface area contributed by atoms with Crippen LogP contribution in [0.15, 0.2) is 48.5 Å². The molecule has 1 N–H and O–H groups in total. The molecule has 0 aliphatic carbocycles. The average Bonchev–Trinajstić information content (AvgIpc) is 3.21. The van der Waals surface area contributed by atoms with Crippen molar-refractivity contribution in [2.45, 2.75) is 13.0 Å². The van der Waals surface area contributed by atoms with Gasteiger partial charge in [0.15, 0.2) is 0 Å². The number of piperazine rings is 1. The van der Waals surface area contributed by atoms with Gasteiger partial charge in [0.25, 0.3) is 5.69 Å². The lowest BCUT2D eigenvalue weighted by Gasteiger charge is -2.35. The van der Waals surface area contributed by atoms with Crippen molar-refractivity contribution in [1.29, 1.82) is 5.26 Å². The molecule has 29 heavy (non-hydrogen) atoms. The van der Waals surface area contributed by atoms with E-state index >= 15 is 0 Å². The monoisotopic (exact) mass is 391 g/mol. The molecule has 7 heteroatoms. The second-order valence-corrected chi connectivity index (χ2v) is 7.42. The SMILES string of the molecule is N#C/C=C(\c1cccc([N+](=O)[O-])c1)N1CC[NH+](Cc2ccc3c(c2)CCO3)CC1. The Morgan fingerprint density at radius 2 is 2.10 bits per heavy atom. The van der Waals surface area contributed by atoms with Crippen molar-refractivity contribution < 1.29 is 14.6 Å². The van der Waals surface area contributed by atoms with Gasteiger partial charge in [0, 0.05) is 35.8 Å². The molecule has 2 aromatic rings. The minimum atomic E-state index is -0.406. The summed E-state index contributed by atoms with van der Waals surface area (Å²) in [6.07, 6.45) is 2.47. The fraction of sp³-hybridized carbons (Fsp3) is 0.318. The smallest absolute Gasteiger partial charge is 0.270 e. The van der Waals surface area contributed by atoms with Gasteiger partial charge >= 0.3 is 0 Å². The Morgan fingerprint density at radius 3 is 2.86 bits per heavy atom. The van der Waals surface area contributed by atoms with E-state index < -0.39 is 4.92 Å². The van der Waals surface area contributed by atoms with Crippen molar-refractivity contribution in [3.63, 3.8) is 0 Å². The number of ether oxygens (including phenoxy) is 1. The Labute approximate surface area is 169 Å². The van der Waals surface area contributed by atoms with Crippen molar-refractivity contribution in [1.82, 2.24) is 4.90 Å². The van der Waals surface area contributed by atoms with E-state index in [4.69, 9.17) is 4.74 Å². The highest BCUT2D eigenvalue weighted by Gasteiger charge is 2.24. The lowest BCUT2D eigenvalue weighted by atomic mass is 10.1. The highest BCUT2D eigenvalue weighted by atomic mass is 16.6. The zero-order valence-electron chi connectivity index (χ0n) is 16.1. The third-order valence-electron chi connectivity index (χ3n) is 5.57. The molecule has 2 aliphatic heterocycles. The summed E-state index contributed by atoms with van der Waals surface area (Å²) in [5.74, 6) is 1.01. The van der Waals surface area contributed by atoms with Gasteiger partial charge in [-0.1, -0.05) is 12.1 Å². The molecule has 2 aliphatic rings. The largest absolute Gasteiger partial charge is 0.493 e. The molecular weight excluding hydrogens is 368 g/mol. The number of quaternary nitrogens is 1. The Balaban J connectivity index is 1.42. The van der Waals surface area contributed by atoms with Crippen LogP contribution in [0.3, 0.4) is 0 Å². The first-order valence-corrected chi connectivity index (χ1v) is 9.82. The number of nitrogens with zero attached hydrogens (tertiary/aromatic N) is 3. The lowest BCUT2D eigenvalue weighted by Crippen LogP contribution is -3.13. The number of allylic oxidation sites excluding steroid dienone is 1. The summed E-state index contributed by atoms with van der Waals surface area (Å²) >= 11 is 0. The zero-order chi connectivity index (χ0) is 20.2. The molecule has 0 amide bonds. The predicted molar refractivity (Wildman–Crippen MR) is 108 cm³/mol. The Morgan fingerprint density at radius 1 is 1.28 bits per heavy atom. The van der Waals surface area contributed by atoms with Crippen molar-refractivity contribution in [2.24, 2.45) is 0 Å². The third kappa shape index (κ3) is 4.23. The summed E-state index contributed by atoms with van der Waals surface area (Å²) in [5.41, 5.74) is 4.12. The number of nitro benzene ring substituents is 1. The lowest BCUT2D eigenvalue weighted by molar-refractivity contribution is -0.917. The van der Waals surface area contributed by atoms with Gasteiger partial charge in [0.05, 0.1) is 49.5 Å². The van der Waals surface area contributed by atoms with Gasteiger partial charge in [0.2, 0.25) is 0 Å². The number of fused-ring (bicyclic) bond motifs is 1. The molecule has 0 unspecified atom stereocenters. The van der Waals surface area contributed by atoms with Crippen LogP contribution in [-0.2, 0) is 13.0 Å². The highest BCUT2D eigenvalue weighted by molar-refractivity contribution is 5.68. The number of hydrogen-bond acceptors (Lipinski definition) is 5. The topological polar surface area (TPSA) is 83.8 Å². The van der Waals surface area contributed by atoms with Gasteiger partial charge in [-0.05, 0) is 23.8 Å². The van der Waals surface area contributed by atoms with E-state index in [1.807, 2.05) is 6.07 Å². The minimum Gasteiger partial charge on any atom is -0.493 e. The molecule has 2 aromatic carbocycles. The van der Waals surface area contributed by atoms with E-state index in [-0.39, 0.29) is 5.69 Å². The molecular formula is C22H23N4O3+. The van der Waals surface area contributed by atoms with Gasteiger partial charge in [-0.2, -0.15) is 5.26 Å². The maximum Gasteiger partial charge on any atom is 0.270 e. The summed E-state index contributed by atoms with van der Waals surface area (Å²) in [6.45, 7) is 5.25. The Kier molecular flexibility index (Phi) is 5.45. The maximum atomic E-state index is 11.1. The Bertz CT molecular complexity index is 988. The van der Waals surface area contributed by atoms with Crippen LogP contribution in [0.25, 0.3) is 5.70 Å². The number of hydrogen-bond donors (Lipinski definition) is 1. The van der Waals surface area contributed by atoms with Crippen molar-refractivity contribution in [3.8, 4) is 11.8 Å². The van der Waals surface area contributed by atoms with Crippen LogP contribution >= 0.6 is 0 Å². The van der Waals surface area contributed by atoms with Gasteiger partial charge in [0.1, 0.15) is 12.3 Å². The maximum absolute atomic E-state index is 11.1. The van der Waals surface area contributed by atoms with Gasteiger partial charge < -0.3 is 14.5 Å².